The van der Waals surface area contributed by atoms with Gasteiger partial charge >= 0.3 is 5.91 Å². The van der Waals surface area contributed by atoms with E-state index in [0.29, 0.717) is 22.2 Å². The van der Waals surface area contributed by atoms with Gasteiger partial charge in [0.15, 0.2) is 11.7 Å². The van der Waals surface area contributed by atoms with Crippen LogP contribution in [0.2, 0.25) is 5.02 Å². The number of nitriles is 1. The van der Waals surface area contributed by atoms with E-state index in [-0.39, 0.29) is 60.8 Å². The minimum Gasteiger partial charge on any atom is -0.348 e. The number of halogens is 3. The Hall–Kier alpha value is -4.73. The van der Waals surface area contributed by atoms with Gasteiger partial charge in [-0.25, -0.2) is 23.0 Å². The number of fused-ring (bicyclic) bond motifs is 1. The number of nitrogens with zero attached hydrogens (tertiary/aromatic N) is 5. The first-order valence-corrected chi connectivity index (χ1v) is 15.4. The molecule has 6 rings (SSSR count). The van der Waals surface area contributed by atoms with Crippen molar-refractivity contribution in [3.8, 4) is 6.07 Å². The van der Waals surface area contributed by atoms with Gasteiger partial charge in [0.25, 0.3) is 5.91 Å². The van der Waals surface area contributed by atoms with Crippen LogP contribution in [0, 0.1) is 11.3 Å². The van der Waals surface area contributed by atoms with Crippen molar-refractivity contribution in [2.24, 2.45) is 0 Å². The molecular formula is C33H31ClF2N7O3+. The largest absolute Gasteiger partial charge is 0.348 e. The number of carbonyl (C=O) groups is 3. The average Bonchev–Trinajstić information content (AvgIpc) is 3.69. The second-order valence-electron chi connectivity index (χ2n) is 11.9. The van der Waals surface area contributed by atoms with E-state index >= 15 is 4.79 Å². The van der Waals surface area contributed by atoms with Crippen LogP contribution < -0.4 is 14.7 Å². The summed E-state index contributed by atoms with van der Waals surface area (Å²) >= 11 is 6.75. The van der Waals surface area contributed by atoms with Crippen molar-refractivity contribution in [3.63, 3.8) is 0 Å². The molecule has 2 N–H and O–H groups in total. The summed E-state index contributed by atoms with van der Waals surface area (Å²) in [5.41, 5.74) is 1.51. The highest BCUT2D eigenvalue weighted by molar-refractivity contribution is 6.31. The molecule has 3 atom stereocenters. The number of nitrogens with one attached hydrogen (secondary N) is 2. The van der Waals surface area contributed by atoms with Crippen LogP contribution >= 0.6 is 11.6 Å². The quantitative estimate of drug-likeness (QED) is 0.252. The third-order valence-corrected chi connectivity index (χ3v) is 9.40. The van der Waals surface area contributed by atoms with Crippen molar-refractivity contribution in [2.45, 2.75) is 62.6 Å². The highest BCUT2D eigenvalue weighted by Gasteiger charge is 2.55. The molecule has 10 nitrogen and oxygen atoms in total. The van der Waals surface area contributed by atoms with Crippen molar-refractivity contribution in [2.75, 3.05) is 11.9 Å². The van der Waals surface area contributed by atoms with Gasteiger partial charge in [0.05, 0.1) is 29.9 Å². The predicted molar refractivity (Wildman–Crippen MR) is 168 cm³/mol. The van der Waals surface area contributed by atoms with Crippen molar-refractivity contribution in [1.82, 2.24) is 25.0 Å². The SMILES string of the molecule is C[N+](C(=O)[C@@H]1CCC(=O)N1c1cc(C#N)ccn1)(c1cccc2cn[nH]c12)[C@H](C(=O)NC1CCC(F)(F)CC1)c1ccccc1Cl. The lowest BCUT2D eigenvalue weighted by atomic mass is 9.91. The van der Waals surface area contributed by atoms with Crippen molar-refractivity contribution in [1.29, 1.82) is 5.26 Å². The van der Waals surface area contributed by atoms with Gasteiger partial charge in [-0.05, 0) is 37.5 Å². The fourth-order valence-electron chi connectivity index (χ4n) is 6.67. The van der Waals surface area contributed by atoms with Crippen LogP contribution in [0.4, 0.5) is 20.3 Å². The number of anilines is 1. The fourth-order valence-corrected chi connectivity index (χ4v) is 6.91. The number of carbonyl (C=O) groups excluding carboxylic acids is 3. The number of alkyl halides is 2. The molecule has 1 saturated heterocycles. The molecule has 4 aromatic rings. The first kappa shape index (κ1) is 31.3. The molecule has 0 radical (unpaired) electrons. The first-order chi connectivity index (χ1) is 22.0. The van der Waals surface area contributed by atoms with E-state index < -0.39 is 40.3 Å². The number of H-pyrrole nitrogens is 1. The Balaban J connectivity index is 1.52. The maximum absolute atomic E-state index is 15.3. The number of hydrogen-bond donors (Lipinski definition) is 2. The number of aromatic nitrogens is 3. The number of amides is 3. The molecule has 3 amide bonds. The van der Waals surface area contributed by atoms with E-state index in [1.807, 2.05) is 12.1 Å². The van der Waals surface area contributed by atoms with E-state index in [9.17, 15) is 23.6 Å². The Bertz CT molecular complexity index is 1870. The molecular weight excluding hydrogens is 616 g/mol. The summed E-state index contributed by atoms with van der Waals surface area (Å²) in [4.78, 5) is 48.7. The van der Waals surface area contributed by atoms with Gasteiger partial charge < -0.3 is 5.32 Å². The first-order valence-electron chi connectivity index (χ1n) is 15.0. The standard InChI is InChI=1S/C33H30ClF2N7O3/c1-43(26-8-4-5-21-19-39-41-29(21)26,32(46)25-9-10-28(44)42(25)27-17-20(18-37)13-16-38-27)30(23-6-2-3-7-24(23)34)31(45)40-22-11-14-33(35,36)15-12-22/h2-8,13,16-17,19,22,25,30H,9-12,14-15H2,1H3,(H-,39,40,41,45)/p+1/t25-,30-,43?/m0/s1. The molecule has 1 saturated carbocycles. The number of hydrogen-bond acceptors (Lipinski definition) is 6. The number of quaternary nitrogens is 1. The number of rotatable bonds is 7. The monoisotopic (exact) mass is 646 g/mol. The Kier molecular flexibility index (Phi) is 8.31. The molecule has 46 heavy (non-hydrogen) atoms. The molecule has 236 valence electrons. The molecule has 2 aliphatic rings. The lowest BCUT2D eigenvalue weighted by Gasteiger charge is -2.41. The minimum absolute atomic E-state index is 0.0440. The molecule has 3 heterocycles. The third-order valence-electron chi connectivity index (χ3n) is 9.06. The maximum atomic E-state index is 15.3. The Morgan fingerprint density at radius 3 is 2.65 bits per heavy atom. The predicted octanol–water partition coefficient (Wildman–Crippen LogP) is 5.58. The smallest absolute Gasteiger partial charge is 0.342 e. The van der Waals surface area contributed by atoms with Gasteiger partial charge in [-0.3, -0.25) is 19.6 Å². The van der Waals surface area contributed by atoms with Gasteiger partial charge in [-0.1, -0.05) is 41.9 Å². The summed E-state index contributed by atoms with van der Waals surface area (Å²) in [6, 6.07) is 14.0. The summed E-state index contributed by atoms with van der Waals surface area (Å²) in [7, 11) is 1.60. The minimum atomic E-state index is -2.80. The van der Waals surface area contributed by atoms with Crippen LogP contribution in [0.5, 0.6) is 0 Å². The average molecular weight is 647 g/mol. The van der Waals surface area contributed by atoms with E-state index in [0.717, 1.165) is 0 Å². The summed E-state index contributed by atoms with van der Waals surface area (Å²) in [5, 5.41) is 20.5. The summed E-state index contributed by atoms with van der Waals surface area (Å²) < 4.78 is 27.3. The zero-order valence-corrected chi connectivity index (χ0v) is 25.7. The normalized spacial score (nSPS) is 20.2. The Morgan fingerprint density at radius 1 is 1.15 bits per heavy atom. The summed E-state index contributed by atoms with van der Waals surface area (Å²) in [6.45, 7) is 0. The Labute approximate surface area is 268 Å². The van der Waals surface area contributed by atoms with Gasteiger partial charge in [0, 0.05) is 48.5 Å². The molecule has 13 heteroatoms. The number of likely N-dealkylation sites (N-methyl/N-ethyl adjacent to an activating group) is 1. The van der Waals surface area contributed by atoms with Crippen LogP contribution in [0.15, 0.2) is 67.0 Å². The van der Waals surface area contributed by atoms with Gasteiger partial charge in [-0.15, -0.1) is 0 Å². The zero-order valence-electron chi connectivity index (χ0n) is 24.9. The number of para-hydroxylation sites is 1. The fraction of sp³-hybridized carbons (Fsp3) is 0.333. The summed E-state index contributed by atoms with van der Waals surface area (Å²) in [6.07, 6.45) is 2.61. The maximum Gasteiger partial charge on any atom is 0.342 e. The van der Waals surface area contributed by atoms with Crippen LogP contribution in [0.3, 0.4) is 0 Å². The van der Waals surface area contributed by atoms with Gasteiger partial charge in [-0.2, -0.15) is 10.4 Å². The molecule has 0 bridgehead atoms. The molecule has 1 aliphatic carbocycles. The topological polar surface area (TPSA) is 132 Å². The second kappa shape index (κ2) is 12.2. The van der Waals surface area contributed by atoms with E-state index in [4.69, 9.17) is 11.6 Å². The van der Waals surface area contributed by atoms with Crippen LogP contribution in [0.25, 0.3) is 10.9 Å². The zero-order chi connectivity index (χ0) is 32.6. The van der Waals surface area contributed by atoms with Crippen molar-refractivity contribution >= 4 is 51.7 Å². The van der Waals surface area contributed by atoms with Gasteiger partial charge in [0.2, 0.25) is 17.9 Å². The van der Waals surface area contributed by atoms with E-state index in [1.165, 1.54) is 23.2 Å². The third kappa shape index (κ3) is 5.61. The molecule has 0 spiro atoms. The molecule has 2 fully saturated rings. The van der Waals surface area contributed by atoms with Crippen molar-refractivity contribution in [3.05, 3.63) is 83.1 Å². The lowest BCUT2D eigenvalue weighted by molar-refractivity contribution is -0.140. The van der Waals surface area contributed by atoms with Gasteiger partial charge in [0.1, 0.15) is 11.3 Å². The lowest BCUT2D eigenvalue weighted by Crippen LogP contribution is -2.63. The van der Waals surface area contributed by atoms with Crippen molar-refractivity contribution < 1.29 is 23.2 Å². The van der Waals surface area contributed by atoms with Crippen LogP contribution in [0.1, 0.15) is 55.7 Å². The Morgan fingerprint density at radius 2 is 1.91 bits per heavy atom. The van der Waals surface area contributed by atoms with Crippen LogP contribution in [-0.4, -0.2) is 58.0 Å². The second-order valence-corrected chi connectivity index (χ2v) is 12.3. The highest BCUT2D eigenvalue weighted by Crippen LogP contribution is 2.43. The molecule has 1 aliphatic heterocycles. The molecule has 1 unspecified atom stereocenters. The highest BCUT2D eigenvalue weighted by atomic mass is 35.5. The number of aromatic amines is 1. The number of benzene rings is 2. The number of pyridine rings is 1. The van der Waals surface area contributed by atoms with E-state index in [1.54, 1.807) is 49.6 Å². The molecule has 2 aromatic carbocycles. The summed E-state index contributed by atoms with van der Waals surface area (Å²) in [5.74, 6) is -4.08. The van der Waals surface area contributed by atoms with Crippen LogP contribution in [-0.2, 0) is 14.4 Å². The molecule has 2 aromatic heterocycles. The van der Waals surface area contributed by atoms with E-state index in [2.05, 4.69) is 20.5 Å².